The fourth-order valence-electron chi connectivity index (χ4n) is 1.68. The Hall–Kier alpha value is -1.22. The van der Waals surface area contributed by atoms with Crippen molar-refractivity contribution >= 4 is 17.5 Å². The zero-order valence-electron chi connectivity index (χ0n) is 9.93. The second kappa shape index (κ2) is 5.21. The Morgan fingerprint density at radius 2 is 2.12 bits per heavy atom. The third-order valence-electron chi connectivity index (χ3n) is 2.43. The van der Waals surface area contributed by atoms with Crippen LogP contribution in [0, 0.1) is 6.92 Å². The number of benzene rings is 1. The van der Waals surface area contributed by atoms with Gasteiger partial charge in [0.1, 0.15) is 5.75 Å². The van der Waals surface area contributed by atoms with Crippen LogP contribution in [0.25, 0.3) is 0 Å². The summed E-state index contributed by atoms with van der Waals surface area (Å²) in [4.78, 5) is 11.0. The van der Waals surface area contributed by atoms with Crippen LogP contribution in [0.1, 0.15) is 31.0 Å². The summed E-state index contributed by atoms with van der Waals surface area (Å²) in [5.41, 5.74) is 2.04. The van der Waals surface area contributed by atoms with Crippen LogP contribution in [0.2, 0.25) is 5.02 Å². The summed E-state index contributed by atoms with van der Waals surface area (Å²) in [7, 11) is 1.58. The van der Waals surface area contributed by atoms with Gasteiger partial charge in [-0.1, -0.05) is 11.6 Å². The summed E-state index contributed by atoms with van der Waals surface area (Å²) in [5.74, 6) is 0.594. The molecule has 0 saturated heterocycles. The number of halogens is 1. The van der Waals surface area contributed by atoms with E-state index >= 15 is 0 Å². The van der Waals surface area contributed by atoms with Crippen molar-refractivity contribution in [1.82, 2.24) is 5.32 Å². The third kappa shape index (κ3) is 2.89. The first kappa shape index (κ1) is 12.8. The van der Waals surface area contributed by atoms with Gasteiger partial charge in [-0.05, 0) is 37.1 Å². The SMILES string of the molecule is COc1cc(C)c(C(C)NC(C)=O)cc1Cl. The lowest BCUT2D eigenvalue weighted by Gasteiger charge is -2.17. The minimum absolute atomic E-state index is 0.0547. The van der Waals surface area contributed by atoms with Crippen LogP contribution in [0.3, 0.4) is 0 Å². The number of amides is 1. The third-order valence-corrected chi connectivity index (χ3v) is 2.72. The van der Waals surface area contributed by atoms with Crippen molar-refractivity contribution in [3.63, 3.8) is 0 Å². The number of methoxy groups -OCH3 is 1. The monoisotopic (exact) mass is 241 g/mol. The number of hydrogen-bond donors (Lipinski definition) is 1. The van der Waals surface area contributed by atoms with Crippen LogP contribution in [0.15, 0.2) is 12.1 Å². The standard InChI is InChI=1S/C12H16ClNO2/c1-7-5-12(16-4)11(13)6-10(7)8(2)14-9(3)15/h5-6,8H,1-4H3,(H,14,15). The summed E-state index contributed by atoms with van der Waals surface area (Å²) in [5, 5.41) is 3.38. The van der Waals surface area contributed by atoms with Crippen LogP contribution in [0.4, 0.5) is 0 Å². The average Bonchev–Trinajstić information content (AvgIpc) is 2.19. The number of nitrogens with one attached hydrogen (secondary N) is 1. The number of ether oxygens (including phenoxy) is 1. The maximum atomic E-state index is 11.0. The van der Waals surface area contributed by atoms with E-state index in [4.69, 9.17) is 16.3 Å². The number of carbonyl (C=O) groups excluding carboxylic acids is 1. The molecule has 88 valence electrons. The highest BCUT2D eigenvalue weighted by Gasteiger charge is 2.12. The summed E-state index contributed by atoms with van der Waals surface area (Å²) in [6.45, 7) is 5.38. The first-order valence-electron chi connectivity index (χ1n) is 5.06. The summed E-state index contributed by atoms with van der Waals surface area (Å²) in [6.07, 6.45) is 0. The molecule has 1 aromatic carbocycles. The lowest BCUT2D eigenvalue weighted by molar-refractivity contribution is -0.119. The smallest absolute Gasteiger partial charge is 0.217 e. The first-order valence-corrected chi connectivity index (χ1v) is 5.44. The highest BCUT2D eigenvalue weighted by molar-refractivity contribution is 6.32. The summed E-state index contributed by atoms with van der Waals surface area (Å²) >= 11 is 6.04. The predicted molar refractivity (Wildman–Crippen MR) is 65.0 cm³/mol. The zero-order valence-corrected chi connectivity index (χ0v) is 10.7. The zero-order chi connectivity index (χ0) is 12.3. The molecule has 1 aromatic rings. The van der Waals surface area contributed by atoms with Gasteiger partial charge < -0.3 is 10.1 Å². The molecule has 0 bridgehead atoms. The van der Waals surface area contributed by atoms with E-state index in [0.717, 1.165) is 11.1 Å². The van der Waals surface area contributed by atoms with Gasteiger partial charge in [0, 0.05) is 6.92 Å². The molecule has 0 aromatic heterocycles. The molecule has 0 fully saturated rings. The molecular formula is C12H16ClNO2. The normalized spacial score (nSPS) is 12.1. The average molecular weight is 242 g/mol. The van der Waals surface area contributed by atoms with E-state index in [1.807, 2.05) is 26.0 Å². The summed E-state index contributed by atoms with van der Waals surface area (Å²) in [6, 6.07) is 3.65. The number of carbonyl (C=O) groups is 1. The Kier molecular flexibility index (Phi) is 4.19. The van der Waals surface area contributed by atoms with Crippen LogP contribution in [0.5, 0.6) is 5.75 Å². The van der Waals surface area contributed by atoms with E-state index in [-0.39, 0.29) is 11.9 Å². The van der Waals surface area contributed by atoms with Gasteiger partial charge in [-0.15, -0.1) is 0 Å². The molecule has 1 rings (SSSR count). The summed E-state index contributed by atoms with van der Waals surface area (Å²) < 4.78 is 5.12. The van der Waals surface area contributed by atoms with E-state index in [2.05, 4.69) is 5.32 Å². The maximum Gasteiger partial charge on any atom is 0.217 e. The Balaban J connectivity index is 3.05. The molecular weight excluding hydrogens is 226 g/mol. The van der Waals surface area contributed by atoms with Gasteiger partial charge in [0.05, 0.1) is 18.2 Å². The van der Waals surface area contributed by atoms with Crippen molar-refractivity contribution < 1.29 is 9.53 Å². The molecule has 0 spiro atoms. The largest absolute Gasteiger partial charge is 0.495 e. The van der Waals surface area contributed by atoms with Crippen LogP contribution in [-0.4, -0.2) is 13.0 Å². The molecule has 0 radical (unpaired) electrons. The molecule has 0 aliphatic carbocycles. The van der Waals surface area contributed by atoms with Crippen LogP contribution < -0.4 is 10.1 Å². The Labute approximate surface area is 101 Å². The van der Waals surface area contributed by atoms with Gasteiger partial charge in [-0.3, -0.25) is 4.79 Å². The van der Waals surface area contributed by atoms with Gasteiger partial charge in [0.2, 0.25) is 5.91 Å². The van der Waals surface area contributed by atoms with E-state index < -0.39 is 0 Å². The lowest BCUT2D eigenvalue weighted by Crippen LogP contribution is -2.24. The fourth-order valence-corrected chi connectivity index (χ4v) is 1.93. The molecule has 1 N–H and O–H groups in total. The molecule has 3 nitrogen and oxygen atoms in total. The highest BCUT2D eigenvalue weighted by Crippen LogP contribution is 2.30. The van der Waals surface area contributed by atoms with Crippen molar-refractivity contribution in [2.45, 2.75) is 26.8 Å². The van der Waals surface area contributed by atoms with E-state index in [1.165, 1.54) is 6.92 Å². The molecule has 0 saturated carbocycles. The van der Waals surface area contributed by atoms with E-state index in [1.54, 1.807) is 7.11 Å². The Bertz CT molecular complexity index is 404. The molecule has 1 atom stereocenters. The molecule has 0 heterocycles. The second-order valence-corrected chi connectivity index (χ2v) is 4.17. The quantitative estimate of drug-likeness (QED) is 0.884. The lowest BCUT2D eigenvalue weighted by atomic mass is 10.0. The van der Waals surface area contributed by atoms with Gasteiger partial charge >= 0.3 is 0 Å². The molecule has 16 heavy (non-hydrogen) atoms. The maximum absolute atomic E-state index is 11.0. The Morgan fingerprint density at radius 1 is 1.50 bits per heavy atom. The molecule has 1 amide bonds. The van der Waals surface area contributed by atoms with Crippen LogP contribution in [-0.2, 0) is 4.79 Å². The molecule has 0 aliphatic rings. The van der Waals surface area contributed by atoms with Gasteiger partial charge in [0.15, 0.2) is 0 Å². The second-order valence-electron chi connectivity index (χ2n) is 3.77. The predicted octanol–water partition coefficient (Wildman–Crippen LogP) is 2.85. The van der Waals surface area contributed by atoms with Crippen molar-refractivity contribution in [2.75, 3.05) is 7.11 Å². The van der Waals surface area contributed by atoms with Crippen molar-refractivity contribution in [3.8, 4) is 5.75 Å². The van der Waals surface area contributed by atoms with E-state index in [0.29, 0.717) is 10.8 Å². The van der Waals surface area contributed by atoms with Crippen molar-refractivity contribution in [1.29, 1.82) is 0 Å². The number of aryl methyl sites for hydroxylation is 1. The number of hydrogen-bond acceptors (Lipinski definition) is 2. The van der Waals surface area contributed by atoms with E-state index in [9.17, 15) is 4.79 Å². The highest BCUT2D eigenvalue weighted by atomic mass is 35.5. The topological polar surface area (TPSA) is 38.3 Å². The minimum atomic E-state index is -0.0566. The fraction of sp³-hybridized carbons (Fsp3) is 0.417. The van der Waals surface area contributed by atoms with Gasteiger partial charge in [0.25, 0.3) is 0 Å². The molecule has 1 unspecified atom stereocenters. The van der Waals surface area contributed by atoms with Gasteiger partial charge in [-0.2, -0.15) is 0 Å². The Morgan fingerprint density at radius 3 is 2.62 bits per heavy atom. The van der Waals surface area contributed by atoms with Crippen molar-refractivity contribution in [3.05, 3.63) is 28.3 Å². The molecule has 0 aliphatic heterocycles. The van der Waals surface area contributed by atoms with Crippen LogP contribution >= 0.6 is 11.6 Å². The minimum Gasteiger partial charge on any atom is -0.495 e. The van der Waals surface area contributed by atoms with Gasteiger partial charge in [-0.25, -0.2) is 0 Å². The number of rotatable bonds is 3. The van der Waals surface area contributed by atoms with Crippen molar-refractivity contribution in [2.24, 2.45) is 0 Å². The first-order chi connectivity index (χ1) is 7.45. The molecule has 4 heteroatoms.